The quantitative estimate of drug-likeness (QED) is 0.494. The first-order valence-corrected chi connectivity index (χ1v) is 9.75. The lowest BCUT2D eigenvalue weighted by molar-refractivity contribution is -0.111. The Morgan fingerprint density at radius 2 is 1.73 bits per heavy atom. The Kier molecular flexibility index (Phi) is 5.57. The van der Waals surface area contributed by atoms with Crippen LogP contribution in [0, 0.1) is 6.92 Å². The van der Waals surface area contributed by atoms with Crippen LogP contribution in [0.2, 0.25) is 0 Å². The Balaban J connectivity index is 1.59. The average Bonchev–Trinajstić information content (AvgIpc) is 3.29. The largest absolute Gasteiger partial charge is 0.307 e. The summed E-state index contributed by atoms with van der Waals surface area (Å²) in [6.07, 6.45) is 5.29. The van der Waals surface area contributed by atoms with Crippen LogP contribution in [0.15, 0.2) is 79.0 Å². The van der Waals surface area contributed by atoms with Gasteiger partial charge in [-0.2, -0.15) is 10.2 Å². The van der Waals surface area contributed by atoms with Crippen LogP contribution >= 0.6 is 0 Å². The molecule has 2 aromatic heterocycles. The number of rotatable bonds is 6. The summed E-state index contributed by atoms with van der Waals surface area (Å²) in [6, 6.07) is 22.0. The van der Waals surface area contributed by atoms with E-state index in [1.165, 1.54) is 11.6 Å². The number of aromatic nitrogens is 4. The second-order valence-electron chi connectivity index (χ2n) is 7.10. The van der Waals surface area contributed by atoms with Gasteiger partial charge in [0.2, 0.25) is 5.91 Å². The van der Waals surface area contributed by atoms with Gasteiger partial charge in [-0.1, -0.05) is 60.7 Å². The third-order valence-corrected chi connectivity index (χ3v) is 4.69. The summed E-state index contributed by atoms with van der Waals surface area (Å²) in [5, 5.41) is 11.9. The molecule has 0 aliphatic heterocycles. The van der Waals surface area contributed by atoms with Gasteiger partial charge in [0, 0.05) is 36.5 Å². The fourth-order valence-electron chi connectivity index (χ4n) is 3.29. The topological polar surface area (TPSA) is 64.7 Å². The van der Waals surface area contributed by atoms with Crippen molar-refractivity contribution in [3.05, 3.63) is 95.8 Å². The first-order valence-electron chi connectivity index (χ1n) is 9.75. The molecule has 0 aliphatic carbocycles. The van der Waals surface area contributed by atoms with Crippen molar-refractivity contribution in [2.75, 3.05) is 5.32 Å². The van der Waals surface area contributed by atoms with E-state index in [1.54, 1.807) is 17.8 Å². The second kappa shape index (κ2) is 8.61. The van der Waals surface area contributed by atoms with Crippen molar-refractivity contribution in [2.24, 2.45) is 7.05 Å². The van der Waals surface area contributed by atoms with Crippen LogP contribution in [0.5, 0.6) is 0 Å². The highest BCUT2D eigenvalue weighted by atomic mass is 16.1. The predicted molar refractivity (Wildman–Crippen MR) is 119 cm³/mol. The van der Waals surface area contributed by atoms with E-state index in [1.807, 2.05) is 72.4 Å². The normalized spacial score (nSPS) is 11.1. The highest BCUT2D eigenvalue weighted by Crippen LogP contribution is 2.23. The number of anilines is 1. The molecule has 0 fully saturated rings. The molecule has 6 heteroatoms. The van der Waals surface area contributed by atoms with Gasteiger partial charge < -0.3 is 5.32 Å². The Morgan fingerprint density at radius 1 is 1.03 bits per heavy atom. The van der Waals surface area contributed by atoms with Gasteiger partial charge in [0.1, 0.15) is 5.82 Å². The lowest BCUT2D eigenvalue weighted by atomic mass is 10.1. The smallest absolute Gasteiger partial charge is 0.249 e. The fourth-order valence-corrected chi connectivity index (χ4v) is 3.29. The summed E-state index contributed by atoms with van der Waals surface area (Å²) in [5.74, 6) is 0.443. The summed E-state index contributed by atoms with van der Waals surface area (Å²) in [7, 11) is 1.80. The zero-order chi connectivity index (χ0) is 20.9. The minimum atomic E-state index is -0.215. The second-order valence-corrected chi connectivity index (χ2v) is 7.10. The maximum Gasteiger partial charge on any atom is 0.249 e. The van der Waals surface area contributed by atoms with Gasteiger partial charge in [0.15, 0.2) is 0 Å². The van der Waals surface area contributed by atoms with E-state index < -0.39 is 0 Å². The summed E-state index contributed by atoms with van der Waals surface area (Å²) >= 11 is 0. The van der Waals surface area contributed by atoms with Crippen LogP contribution in [0.25, 0.3) is 17.3 Å². The summed E-state index contributed by atoms with van der Waals surface area (Å²) < 4.78 is 3.55. The lowest BCUT2D eigenvalue weighted by Crippen LogP contribution is -2.11. The van der Waals surface area contributed by atoms with E-state index in [0.717, 1.165) is 22.5 Å². The van der Waals surface area contributed by atoms with Gasteiger partial charge in [0.05, 0.1) is 17.9 Å². The predicted octanol–water partition coefficient (Wildman–Crippen LogP) is 4.29. The van der Waals surface area contributed by atoms with Crippen LogP contribution in [0.4, 0.5) is 5.82 Å². The summed E-state index contributed by atoms with van der Waals surface area (Å²) in [6.45, 7) is 2.55. The molecule has 0 radical (unpaired) electrons. The van der Waals surface area contributed by atoms with Gasteiger partial charge >= 0.3 is 0 Å². The van der Waals surface area contributed by atoms with E-state index >= 15 is 0 Å². The molecule has 1 N–H and O–H groups in total. The molecule has 0 unspecified atom stereocenters. The molecule has 0 saturated carbocycles. The van der Waals surface area contributed by atoms with Crippen molar-refractivity contribution in [3.8, 4) is 11.3 Å². The van der Waals surface area contributed by atoms with Crippen LogP contribution in [0.1, 0.15) is 16.8 Å². The monoisotopic (exact) mass is 397 g/mol. The van der Waals surface area contributed by atoms with E-state index in [-0.39, 0.29) is 5.91 Å². The van der Waals surface area contributed by atoms with Crippen molar-refractivity contribution < 1.29 is 4.79 Å². The van der Waals surface area contributed by atoms with E-state index in [9.17, 15) is 4.79 Å². The highest BCUT2D eigenvalue weighted by Gasteiger charge is 2.11. The zero-order valence-corrected chi connectivity index (χ0v) is 17.0. The van der Waals surface area contributed by atoms with Crippen molar-refractivity contribution in [2.45, 2.75) is 13.5 Å². The Morgan fingerprint density at radius 3 is 2.40 bits per heavy atom. The molecule has 0 bridgehead atoms. The molecule has 6 nitrogen and oxygen atoms in total. The molecule has 150 valence electrons. The number of carbonyl (C=O) groups excluding carboxylic acids is 1. The van der Waals surface area contributed by atoms with Gasteiger partial charge in [-0.25, -0.2) is 0 Å². The number of nitrogens with one attached hydrogen (secondary N) is 1. The van der Waals surface area contributed by atoms with Crippen molar-refractivity contribution in [1.29, 1.82) is 0 Å². The lowest BCUT2D eigenvalue weighted by Gasteiger charge is -2.01. The Bertz CT molecular complexity index is 1170. The van der Waals surface area contributed by atoms with Gasteiger partial charge in [-0.05, 0) is 18.6 Å². The zero-order valence-electron chi connectivity index (χ0n) is 17.0. The van der Waals surface area contributed by atoms with Gasteiger partial charge in [-0.15, -0.1) is 0 Å². The SMILES string of the molecule is Cc1cc(NC(=O)/C=C/c2cn(Cc3ccccc3)nc2-c2ccccc2)n(C)n1. The van der Waals surface area contributed by atoms with Crippen LogP contribution in [-0.4, -0.2) is 25.5 Å². The van der Waals surface area contributed by atoms with Crippen LogP contribution in [-0.2, 0) is 18.4 Å². The minimum absolute atomic E-state index is 0.215. The van der Waals surface area contributed by atoms with Crippen LogP contribution in [0.3, 0.4) is 0 Å². The number of benzene rings is 2. The number of nitrogens with zero attached hydrogens (tertiary/aromatic N) is 4. The first-order chi connectivity index (χ1) is 14.6. The molecule has 2 heterocycles. The molecular weight excluding hydrogens is 374 g/mol. The Hall–Kier alpha value is -3.93. The molecule has 2 aromatic carbocycles. The molecule has 30 heavy (non-hydrogen) atoms. The number of amides is 1. The molecule has 0 atom stereocenters. The third kappa shape index (κ3) is 4.55. The third-order valence-electron chi connectivity index (χ3n) is 4.69. The highest BCUT2D eigenvalue weighted by molar-refractivity contribution is 6.01. The Labute approximate surface area is 175 Å². The number of hydrogen-bond acceptors (Lipinski definition) is 3. The molecule has 1 amide bonds. The first kappa shape index (κ1) is 19.4. The van der Waals surface area contributed by atoms with E-state index in [2.05, 4.69) is 22.5 Å². The molecule has 4 aromatic rings. The van der Waals surface area contributed by atoms with E-state index in [4.69, 9.17) is 5.10 Å². The number of hydrogen-bond donors (Lipinski definition) is 1. The number of aryl methyl sites for hydroxylation is 2. The molecule has 4 rings (SSSR count). The molecule has 0 aliphatic rings. The van der Waals surface area contributed by atoms with Crippen molar-refractivity contribution in [1.82, 2.24) is 19.6 Å². The maximum absolute atomic E-state index is 12.4. The van der Waals surface area contributed by atoms with E-state index in [0.29, 0.717) is 12.4 Å². The maximum atomic E-state index is 12.4. The molecule has 0 saturated heterocycles. The van der Waals surface area contributed by atoms with Crippen molar-refractivity contribution >= 4 is 17.8 Å². The fraction of sp³-hybridized carbons (Fsp3) is 0.125. The van der Waals surface area contributed by atoms with Gasteiger partial charge in [0.25, 0.3) is 0 Å². The standard InChI is InChI=1S/C24H23N5O/c1-18-15-22(28(2)26-18)25-23(30)14-13-21-17-29(16-19-9-5-3-6-10-19)27-24(21)20-11-7-4-8-12-20/h3-15,17H,16H2,1-2H3,(H,25,30)/b14-13+. The van der Waals surface area contributed by atoms with Gasteiger partial charge in [-0.3, -0.25) is 14.2 Å². The average molecular weight is 397 g/mol. The summed E-state index contributed by atoms with van der Waals surface area (Å²) in [5.41, 5.74) is 4.75. The van der Waals surface area contributed by atoms with Crippen LogP contribution < -0.4 is 5.32 Å². The summed E-state index contributed by atoms with van der Waals surface area (Å²) in [4.78, 5) is 12.4. The van der Waals surface area contributed by atoms with Crippen molar-refractivity contribution in [3.63, 3.8) is 0 Å². The minimum Gasteiger partial charge on any atom is -0.307 e. The molecular formula is C24H23N5O. The number of carbonyl (C=O) groups is 1. The molecule has 0 spiro atoms.